The zero-order valence-corrected chi connectivity index (χ0v) is 12.4. The molecular formula is C16H16N2O2S. The van der Waals surface area contributed by atoms with Crippen molar-refractivity contribution in [2.24, 2.45) is 5.73 Å². The summed E-state index contributed by atoms with van der Waals surface area (Å²) in [4.78, 5) is 12.1. The van der Waals surface area contributed by atoms with Crippen LogP contribution in [0.1, 0.15) is 11.1 Å². The van der Waals surface area contributed by atoms with Crippen molar-refractivity contribution >= 4 is 28.8 Å². The zero-order chi connectivity index (χ0) is 15.2. The Morgan fingerprint density at radius 2 is 2.00 bits per heavy atom. The molecule has 2 rings (SSSR count). The molecule has 0 aliphatic heterocycles. The lowest BCUT2D eigenvalue weighted by Gasteiger charge is -2.09. The Labute approximate surface area is 128 Å². The van der Waals surface area contributed by atoms with E-state index in [1.807, 2.05) is 31.2 Å². The van der Waals surface area contributed by atoms with Gasteiger partial charge in [-0.15, -0.1) is 0 Å². The molecule has 0 saturated heterocycles. The van der Waals surface area contributed by atoms with Crippen LogP contribution in [0.3, 0.4) is 0 Å². The molecule has 0 aliphatic carbocycles. The number of hydrogen-bond acceptors (Lipinski definition) is 3. The predicted molar refractivity (Wildman–Crippen MR) is 87.6 cm³/mol. The van der Waals surface area contributed by atoms with Crippen molar-refractivity contribution < 1.29 is 9.53 Å². The number of rotatable bonds is 5. The minimum atomic E-state index is -0.239. The Kier molecular flexibility index (Phi) is 4.90. The Morgan fingerprint density at radius 3 is 2.71 bits per heavy atom. The molecule has 3 N–H and O–H groups in total. The summed E-state index contributed by atoms with van der Waals surface area (Å²) in [5.41, 5.74) is 7.98. The monoisotopic (exact) mass is 300 g/mol. The third-order valence-electron chi connectivity index (χ3n) is 2.79. The van der Waals surface area contributed by atoms with Gasteiger partial charge in [-0.2, -0.15) is 0 Å². The molecule has 1 amide bonds. The molecule has 0 spiro atoms. The molecule has 0 saturated carbocycles. The maximum Gasteiger partial charge on any atom is 0.262 e. The maximum atomic E-state index is 11.9. The molecule has 21 heavy (non-hydrogen) atoms. The van der Waals surface area contributed by atoms with Crippen LogP contribution in [-0.2, 0) is 4.79 Å². The van der Waals surface area contributed by atoms with E-state index in [0.29, 0.717) is 22.0 Å². The second kappa shape index (κ2) is 6.85. The van der Waals surface area contributed by atoms with Crippen LogP contribution in [-0.4, -0.2) is 17.5 Å². The van der Waals surface area contributed by atoms with Crippen molar-refractivity contribution in [3.63, 3.8) is 0 Å². The van der Waals surface area contributed by atoms with E-state index in [1.54, 1.807) is 24.3 Å². The lowest BCUT2D eigenvalue weighted by molar-refractivity contribution is -0.118. The van der Waals surface area contributed by atoms with Crippen molar-refractivity contribution in [1.29, 1.82) is 0 Å². The summed E-state index contributed by atoms with van der Waals surface area (Å²) in [6, 6.07) is 14.6. The molecule has 0 radical (unpaired) electrons. The van der Waals surface area contributed by atoms with Crippen LogP contribution >= 0.6 is 12.2 Å². The largest absolute Gasteiger partial charge is 0.484 e. The average molecular weight is 300 g/mol. The molecule has 0 atom stereocenters. The van der Waals surface area contributed by atoms with Gasteiger partial charge in [-0.25, -0.2) is 0 Å². The molecule has 4 nitrogen and oxygen atoms in total. The van der Waals surface area contributed by atoms with Gasteiger partial charge in [-0.05, 0) is 36.8 Å². The lowest BCUT2D eigenvalue weighted by atomic mass is 10.2. The van der Waals surface area contributed by atoms with Crippen LogP contribution in [0.25, 0.3) is 0 Å². The maximum absolute atomic E-state index is 11.9. The summed E-state index contributed by atoms with van der Waals surface area (Å²) in [7, 11) is 0. The fourth-order valence-corrected chi connectivity index (χ4v) is 1.93. The number of aryl methyl sites for hydroxylation is 1. The van der Waals surface area contributed by atoms with Crippen molar-refractivity contribution in [2.75, 3.05) is 11.9 Å². The van der Waals surface area contributed by atoms with Gasteiger partial charge in [0.1, 0.15) is 10.7 Å². The Morgan fingerprint density at radius 1 is 1.24 bits per heavy atom. The van der Waals surface area contributed by atoms with Gasteiger partial charge in [0.05, 0.1) is 0 Å². The summed E-state index contributed by atoms with van der Waals surface area (Å²) >= 11 is 4.90. The standard InChI is InChI=1S/C16H16N2O2S/c1-11-4-2-7-14(8-11)20-10-15(19)18-13-6-3-5-12(9-13)16(17)21/h2-9H,10H2,1H3,(H2,17,21)(H,18,19). The van der Waals surface area contributed by atoms with Gasteiger partial charge >= 0.3 is 0 Å². The Balaban J connectivity index is 1.93. The molecule has 0 heterocycles. The number of carbonyl (C=O) groups excluding carboxylic acids is 1. The normalized spacial score (nSPS) is 9.95. The SMILES string of the molecule is Cc1cccc(OCC(=O)Nc2cccc(C(N)=S)c2)c1. The first-order chi connectivity index (χ1) is 10.0. The number of carbonyl (C=O) groups is 1. The van der Waals surface area contributed by atoms with Crippen LogP contribution in [0.4, 0.5) is 5.69 Å². The molecular weight excluding hydrogens is 284 g/mol. The average Bonchev–Trinajstić information content (AvgIpc) is 2.45. The van der Waals surface area contributed by atoms with Crippen molar-refractivity contribution in [1.82, 2.24) is 0 Å². The number of thiocarbonyl (C=S) groups is 1. The molecule has 0 aliphatic rings. The number of amides is 1. The Hall–Kier alpha value is -2.40. The number of anilines is 1. The number of hydrogen-bond donors (Lipinski definition) is 2. The number of benzene rings is 2. The van der Waals surface area contributed by atoms with Crippen LogP contribution < -0.4 is 15.8 Å². The number of nitrogens with two attached hydrogens (primary N) is 1. The molecule has 2 aromatic rings. The smallest absolute Gasteiger partial charge is 0.262 e. The second-order valence-corrected chi connectivity index (χ2v) is 5.04. The molecule has 108 valence electrons. The first kappa shape index (κ1) is 15.0. The van der Waals surface area contributed by atoms with Gasteiger partial charge in [-0.3, -0.25) is 4.79 Å². The first-order valence-electron chi connectivity index (χ1n) is 6.44. The first-order valence-corrected chi connectivity index (χ1v) is 6.84. The summed E-state index contributed by atoms with van der Waals surface area (Å²) in [5, 5.41) is 2.74. The van der Waals surface area contributed by atoms with E-state index in [-0.39, 0.29) is 12.5 Å². The van der Waals surface area contributed by atoms with E-state index < -0.39 is 0 Å². The zero-order valence-electron chi connectivity index (χ0n) is 11.6. The molecule has 5 heteroatoms. The fraction of sp³-hybridized carbons (Fsp3) is 0.125. The van der Waals surface area contributed by atoms with Gasteiger partial charge in [-0.1, -0.05) is 36.5 Å². The summed E-state index contributed by atoms with van der Waals surface area (Å²) in [6.07, 6.45) is 0. The summed E-state index contributed by atoms with van der Waals surface area (Å²) < 4.78 is 5.44. The van der Waals surface area contributed by atoms with Gasteiger partial charge in [0, 0.05) is 11.3 Å². The van der Waals surface area contributed by atoms with Crippen molar-refractivity contribution in [3.8, 4) is 5.75 Å². The van der Waals surface area contributed by atoms with Gasteiger partial charge in [0.25, 0.3) is 5.91 Å². The van der Waals surface area contributed by atoms with E-state index in [4.69, 9.17) is 22.7 Å². The predicted octanol–water partition coefficient (Wildman–Crippen LogP) is 2.65. The minimum Gasteiger partial charge on any atom is -0.484 e. The van der Waals surface area contributed by atoms with Crippen molar-refractivity contribution in [2.45, 2.75) is 6.92 Å². The molecule has 0 unspecified atom stereocenters. The third-order valence-corrected chi connectivity index (χ3v) is 3.03. The van der Waals surface area contributed by atoms with Crippen LogP contribution in [0.15, 0.2) is 48.5 Å². The molecule has 0 aromatic heterocycles. The topological polar surface area (TPSA) is 64.3 Å². The highest BCUT2D eigenvalue weighted by molar-refractivity contribution is 7.80. The van der Waals surface area contributed by atoms with Crippen LogP contribution in [0, 0.1) is 6.92 Å². The highest BCUT2D eigenvalue weighted by Gasteiger charge is 2.05. The quantitative estimate of drug-likeness (QED) is 0.833. The van der Waals surface area contributed by atoms with E-state index >= 15 is 0 Å². The second-order valence-electron chi connectivity index (χ2n) is 4.60. The lowest BCUT2D eigenvalue weighted by Crippen LogP contribution is -2.20. The van der Waals surface area contributed by atoms with E-state index in [0.717, 1.165) is 5.56 Å². The molecule has 0 bridgehead atoms. The van der Waals surface area contributed by atoms with E-state index in [2.05, 4.69) is 5.32 Å². The van der Waals surface area contributed by atoms with Gasteiger partial charge < -0.3 is 15.8 Å². The van der Waals surface area contributed by atoms with Crippen LogP contribution in [0.2, 0.25) is 0 Å². The van der Waals surface area contributed by atoms with Crippen LogP contribution in [0.5, 0.6) is 5.75 Å². The highest BCUT2D eigenvalue weighted by atomic mass is 32.1. The summed E-state index contributed by atoms with van der Waals surface area (Å²) in [6.45, 7) is 1.91. The van der Waals surface area contributed by atoms with Gasteiger partial charge in [0.15, 0.2) is 6.61 Å². The van der Waals surface area contributed by atoms with Gasteiger partial charge in [0.2, 0.25) is 0 Å². The molecule has 0 fully saturated rings. The van der Waals surface area contributed by atoms with Crippen molar-refractivity contribution in [3.05, 3.63) is 59.7 Å². The Bertz CT molecular complexity index is 671. The molecule has 2 aromatic carbocycles. The fourth-order valence-electron chi connectivity index (χ4n) is 1.80. The number of nitrogens with one attached hydrogen (secondary N) is 1. The highest BCUT2D eigenvalue weighted by Crippen LogP contribution is 2.13. The summed E-state index contributed by atoms with van der Waals surface area (Å²) in [5.74, 6) is 0.429. The number of ether oxygens (including phenoxy) is 1. The van der Waals surface area contributed by atoms with E-state index in [9.17, 15) is 4.79 Å². The third kappa shape index (κ3) is 4.57. The van der Waals surface area contributed by atoms with E-state index in [1.165, 1.54) is 0 Å². The minimum absolute atomic E-state index is 0.0548.